The van der Waals surface area contributed by atoms with Crippen LogP contribution in [0, 0.1) is 0 Å². The van der Waals surface area contributed by atoms with Gasteiger partial charge in [0, 0.05) is 16.6 Å². The molecule has 0 aliphatic heterocycles. The molecule has 2 aromatic carbocycles. The summed E-state index contributed by atoms with van der Waals surface area (Å²) in [6, 6.07) is 14.0. The van der Waals surface area contributed by atoms with Gasteiger partial charge < -0.3 is 15.2 Å². The number of aliphatic hydroxyl groups is 1. The predicted octanol–water partition coefficient (Wildman–Crippen LogP) is 3.47. The Hall–Kier alpha value is -2.70. The fraction of sp³-hybridized carbons (Fsp3) is 0.111. The molecule has 122 valence electrons. The highest BCUT2D eigenvalue weighted by atomic mass is 32.1. The van der Waals surface area contributed by atoms with Crippen LogP contribution < -0.4 is 10.1 Å². The molecule has 3 aromatic rings. The van der Waals surface area contributed by atoms with Gasteiger partial charge in [-0.1, -0.05) is 12.1 Å². The number of thiazole rings is 1. The summed E-state index contributed by atoms with van der Waals surface area (Å²) in [5, 5.41) is 13.9. The minimum atomic E-state index is -0.212. The molecule has 2 N–H and O–H groups in total. The summed E-state index contributed by atoms with van der Waals surface area (Å²) in [6.07, 6.45) is 0. The third-order valence-corrected chi connectivity index (χ3v) is 3.99. The lowest BCUT2D eigenvalue weighted by atomic mass is 10.1. The zero-order valence-electron chi connectivity index (χ0n) is 12.8. The maximum absolute atomic E-state index is 12.2. The second-order valence-corrected chi connectivity index (χ2v) is 5.82. The van der Waals surface area contributed by atoms with E-state index >= 15 is 0 Å². The van der Waals surface area contributed by atoms with Crippen LogP contribution in [0.5, 0.6) is 5.75 Å². The average molecular weight is 340 g/mol. The number of aromatic nitrogens is 1. The van der Waals surface area contributed by atoms with Crippen molar-refractivity contribution in [3.63, 3.8) is 0 Å². The van der Waals surface area contributed by atoms with Gasteiger partial charge in [0.2, 0.25) is 0 Å². The van der Waals surface area contributed by atoms with Gasteiger partial charge in [-0.05, 0) is 42.0 Å². The Morgan fingerprint density at radius 3 is 2.75 bits per heavy atom. The third kappa shape index (κ3) is 4.18. The summed E-state index contributed by atoms with van der Waals surface area (Å²) in [6.45, 7) is 0.345. The van der Waals surface area contributed by atoms with Gasteiger partial charge in [0.05, 0.1) is 17.8 Å². The molecule has 24 heavy (non-hydrogen) atoms. The number of hydrogen-bond donors (Lipinski definition) is 2. The number of nitrogens with zero attached hydrogens (tertiary/aromatic N) is 1. The van der Waals surface area contributed by atoms with Gasteiger partial charge in [-0.3, -0.25) is 4.79 Å². The summed E-state index contributed by atoms with van der Waals surface area (Å²) in [4.78, 5) is 16.4. The zero-order valence-corrected chi connectivity index (χ0v) is 13.6. The number of ether oxygens (including phenoxy) is 1. The van der Waals surface area contributed by atoms with E-state index in [0.717, 1.165) is 11.3 Å². The van der Waals surface area contributed by atoms with Gasteiger partial charge >= 0.3 is 0 Å². The fourth-order valence-corrected chi connectivity index (χ4v) is 2.66. The maximum Gasteiger partial charge on any atom is 0.255 e. The van der Waals surface area contributed by atoms with Crippen molar-refractivity contribution < 1.29 is 14.6 Å². The molecule has 0 atom stereocenters. The van der Waals surface area contributed by atoms with Crippen LogP contribution >= 0.6 is 11.3 Å². The van der Waals surface area contributed by atoms with Gasteiger partial charge in [-0.15, -0.1) is 11.3 Å². The largest absolute Gasteiger partial charge is 0.487 e. The molecule has 6 heteroatoms. The summed E-state index contributed by atoms with van der Waals surface area (Å²) in [7, 11) is 0. The number of rotatable bonds is 6. The minimum absolute atomic E-state index is 0.0608. The van der Waals surface area contributed by atoms with Crippen LogP contribution in [0.2, 0.25) is 0 Å². The Morgan fingerprint density at radius 2 is 2.04 bits per heavy atom. The lowest BCUT2D eigenvalue weighted by molar-refractivity contribution is 0.102. The molecule has 3 rings (SSSR count). The van der Waals surface area contributed by atoms with Crippen molar-refractivity contribution >= 4 is 22.9 Å². The SMILES string of the molecule is O=C(Nc1cccc(CO)c1)c1ccc(OCc2cscn2)cc1. The molecule has 0 bridgehead atoms. The van der Waals surface area contributed by atoms with E-state index < -0.39 is 0 Å². The monoisotopic (exact) mass is 340 g/mol. The number of benzene rings is 2. The molecule has 5 nitrogen and oxygen atoms in total. The van der Waals surface area contributed by atoms with Crippen molar-refractivity contribution in [2.24, 2.45) is 0 Å². The first-order valence-corrected chi connectivity index (χ1v) is 8.30. The molecule has 0 aliphatic carbocycles. The van der Waals surface area contributed by atoms with Crippen molar-refractivity contribution in [1.29, 1.82) is 0 Å². The van der Waals surface area contributed by atoms with Crippen LogP contribution in [0.15, 0.2) is 59.4 Å². The Bertz CT molecular complexity index is 801. The molecule has 0 unspecified atom stereocenters. The van der Waals surface area contributed by atoms with E-state index in [0.29, 0.717) is 23.6 Å². The summed E-state index contributed by atoms with van der Waals surface area (Å²) >= 11 is 1.52. The van der Waals surface area contributed by atoms with E-state index in [-0.39, 0.29) is 12.5 Å². The van der Waals surface area contributed by atoms with Gasteiger partial charge in [0.25, 0.3) is 5.91 Å². The Kier molecular flexibility index (Phi) is 5.20. The molecule has 0 aliphatic rings. The molecule has 0 saturated heterocycles. The summed E-state index contributed by atoms with van der Waals surface area (Å²) in [5.74, 6) is 0.470. The second kappa shape index (κ2) is 7.72. The second-order valence-electron chi connectivity index (χ2n) is 5.11. The maximum atomic E-state index is 12.2. The molecule has 1 amide bonds. The van der Waals surface area contributed by atoms with Crippen molar-refractivity contribution in [1.82, 2.24) is 4.98 Å². The number of carbonyl (C=O) groups excluding carboxylic acids is 1. The van der Waals surface area contributed by atoms with Crippen molar-refractivity contribution in [2.75, 3.05) is 5.32 Å². The Labute approximate surface area is 143 Å². The topological polar surface area (TPSA) is 71.5 Å². The number of hydrogen-bond acceptors (Lipinski definition) is 5. The van der Waals surface area contributed by atoms with Crippen LogP contribution in [0.4, 0.5) is 5.69 Å². The smallest absolute Gasteiger partial charge is 0.255 e. The molecular formula is C18H16N2O3S. The van der Waals surface area contributed by atoms with E-state index in [1.807, 2.05) is 5.38 Å². The highest BCUT2D eigenvalue weighted by molar-refractivity contribution is 7.07. The van der Waals surface area contributed by atoms with Crippen LogP contribution in [-0.4, -0.2) is 16.0 Å². The van der Waals surface area contributed by atoms with Crippen LogP contribution in [-0.2, 0) is 13.2 Å². The number of aliphatic hydroxyl groups excluding tert-OH is 1. The summed E-state index contributed by atoms with van der Waals surface area (Å²) in [5.41, 5.74) is 4.57. The zero-order chi connectivity index (χ0) is 16.8. The van der Waals surface area contributed by atoms with E-state index in [2.05, 4.69) is 10.3 Å². The molecule has 1 aromatic heterocycles. The van der Waals surface area contributed by atoms with Gasteiger partial charge in [0.1, 0.15) is 12.4 Å². The standard InChI is InChI=1S/C18H16N2O3S/c21-9-13-2-1-3-15(8-13)20-18(22)14-4-6-17(7-5-14)23-10-16-11-24-12-19-16/h1-8,11-12,21H,9-10H2,(H,20,22). The number of carbonyl (C=O) groups is 1. The highest BCUT2D eigenvalue weighted by Gasteiger charge is 2.07. The Balaban J connectivity index is 1.60. The molecular weight excluding hydrogens is 324 g/mol. The third-order valence-electron chi connectivity index (χ3n) is 3.35. The lowest BCUT2D eigenvalue weighted by Crippen LogP contribution is -2.11. The molecule has 0 saturated carbocycles. The van der Waals surface area contributed by atoms with Crippen molar-refractivity contribution in [2.45, 2.75) is 13.2 Å². The van der Waals surface area contributed by atoms with E-state index in [9.17, 15) is 4.79 Å². The Morgan fingerprint density at radius 1 is 1.21 bits per heavy atom. The summed E-state index contributed by atoms with van der Waals surface area (Å²) < 4.78 is 5.62. The van der Waals surface area contributed by atoms with Gasteiger partial charge in [-0.2, -0.15) is 0 Å². The molecule has 0 fully saturated rings. The van der Waals surface area contributed by atoms with Crippen LogP contribution in [0.25, 0.3) is 0 Å². The first kappa shape index (κ1) is 16.2. The lowest BCUT2D eigenvalue weighted by Gasteiger charge is -2.08. The predicted molar refractivity (Wildman–Crippen MR) is 93.2 cm³/mol. The normalized spacial score (nSPS) is 10.4. The van der Waals surface area contributed by atoms with E-state index in [4.69, 9.17) is 9.84 Å². The van der Waals surface area contributed by atoms with Crippen molar-refractivity contribution in [3.8, 4) is 5.75 Å². The first-order valence-electron chi connectivity index (χ1n) is 7.35. The number of amides is 1. The average Bonchev–Trinajstić information content (AvgIpc) is 3.14. The number of anilines is 1. The van der Waals surface area contributed by atoms with Gasteiger partial charge in [0.15, 0.2) is 0 Å². The first-order chi connectivity index (χ1) is 11.7. The van der Waals surface area contributed by atoms with Crippen LogP contribution in [0.3, 0.4) is 0 Å². The minimum Gasteiger partial charge on any atom is -0.487 e. The molecule has 0 spiro atoms. The van der Waals surface area contributed by atoms with E-state index in [1.54, 1.807) is 54.0 Å². The molecule has 0 radical (unpaired) electrons. The van der Waals surface area contributed by atoms with E-state index in [1.165, 1.54) is 11.3 Å². The highest BCUT2D eigenvalue weighted by Crippen LogP contribution is 2.16. The fourth-order valence-electron chi connectivity index (χ4n) is 2.12. The van der Waals surface area contributed by atoms with Crippen LogP contribution in [0.1, 0.15) is 21.6 Å². The number of nitrogens with one attached hydrogen (secondary N) is 1. The molecule has 1 heterocycles. The van der Waals surface area contributed by atoms with Crippen molar-refractivity contribution in [3.05, 3.63) is 76.2 Å². The quantitative estimate of drug-likeness (QED) is 0.721. The van der Waals surface area contributed by atoms with Gasteiger partial charge in [-0.25, -0.2) is 4.98 Å².